The number of likely N-dealkylation sites (tertiary alicyclic amines) is 1. The van der Waals surface area contributed by atoms with Gasteiger partial charge in [0.1, 0.15) is 5.82 Å². The summed E-state index contributed by atoms with van der Waals surface area (Å²) in [6.07, 6.45) is 8.35. The molecule has 0 N–H and O–H groups in total. The molecule has 1 aromatic carbocycles. The van der Waals surface area contributed by atoms with Crippen LogP contribution in [0.3, 0.4) is 0 Å². The van der Waals surface area contributed by atoms with Gasteiger partial charge in [-0.3, -0.25) is 4.90 Å². The first kappa shape index (κ1) is 15.1. The molecule has 0 saturated carbocycles. The molecule has 1 saturated heterocycles. The molecule has 0 bridgehead atoms. The van der Waals surface area contributed by atoms with Gasteiger partial charge in [-0.05, 0) is 31.5 Å². The van der Waals surface area contributed by atoms with Crippen molar-refractivity contribution < 1.29 is 0 Å². The van der Waals surface area contributed by atoms with E-state index in [1.165, 1.54) is 18.7 Å². The SMILES string of the molecule is Cn1ccnc1C1CCCN(Cc2cn(-c3ccccc3)nn2)C1. The molecular formula is C18H22N6. The molecule has 1 atom stereocenters. The average Bonchev–Trinajstić information content (AvgIpc) is 3.25. The molecule has 1 aliphatic rings. The van der Waals surface area contributed by atoms with Gasteiger partial charge in [0.25, 0.3) is 0 Å². The molecule has 1 unspecified atom stereocenters. The zero-order valence-corrected chi connectivity index (χ0v) is 13.9. The van der Waals surface area contributed by atoms with E-state index in [1.54, 1.807) is 0 Å². The van der Waals surface area contributed by atoms with E-state index in [-0.39, 0.29) is 0 Å². The number of rotatable bonds is 4. The highest BCUT2D eigenvalue weighted by Gasteiger charge is 2.24. The second-order valence-electron chi connectivity index (χ2n) is 6.46. The fraction of sp³-hybridized carbons (Fsp3) is 0.389. The van der Waals surface area contributed by atoms with Crippen LogP contribution in [-0.4, -0.2) is 42.5 Å². The van der Waals surface area contributed by atoms with Crippen LogP contribution >= 0.6 is 0 Å². The minimum Gasteiger partial charge on any atom is -0.338 e. The third-order valence-corrected chi connectivity index (χ3v) is 4.68. The van der Waals surface area contributed by atoms with E-state index in [1.807, 2.05) is 53.6 Å². The summed E-state index contributed by atoms with van der Waals surface area (Å²) in [6.45, 7) is 2.98. The zero-order valence-electron chi connectivity index (χ0n) is 13.9. The third kappa shape index (κ3) is 3.10. The summed E-state index contributed by atoms with van der Waals surface area (Å²) in [5, 5.41) is 8.60. The molecule has 2 aromatic heterocycles. The van der Waals surface area contributed by atoms with Crippen LogP contribution in [0.5, 0.6) is 0 Å². The summed E-state index contributed by atoms with van der Waals surface area (Å²) >= 11 is 0. The second-order valence-corrected chi connectivity index (χ2v) is 6.46. The lowest BCUT2D eigenvalue weighted by molar-refractivity contribution is 0.193. The maximum Gasteiger partial charge on any atom is 0.112 e. The summed E-state index contributed by atoms with van der Waals surface area (Å²) in [6, 6.07) is 10.1. The summed E-state index contributed by atoms with van der Waals surface area (Å²) in [5.74, 6) is 1.69. The van der Waals surface area contributed by atoms with Crippen LogP contribution in [0.4, 0.5) is 0 Å². The highest BCUT2D eigenvalue weighted by atomic mass is 15.4. The predicted octanol–water partition coefficient (Wildman–Crippen LogP) is 2.38. The van der Waals surface area contributed by atoms with Gasteiger partial charge >= 0.3 is 0 Å². The first-order chi connectivity index (χ1) is 11.8. The largest absolute Gasteiger partial charge is 0.338 e. The van der Waals surface area contributed by atoms with Crippen molar-refractivity contribution in [1.29, 1.82) is 0 Å². The molecule has 3 aromatic rings. The Labute approximate surface area is 141 Å². The lowest BCUT2D eigenvalue weighted by Crippen LogP contribution is -2.34. The smallest absolute Gasteiger partial charge is 0.112 e. The molecule has 4 rings (SSSR count). The van der Waals surface area contributed by atoms with Crippen LogP contribution in [0.2, 0.25) is 0 Å². The lowest BCUT2D eigenvalue weighted by Gasteiger charge is -2.31. The van der Waals surface area contributed by atoms with Gasteiger partial charge in [-0.2, -0.15) is 0 Å². The van der Waals surface area contributed by atoms with E-state index in [0.29, 0.717) is 5.92 Å². The lowest BCUT2D eigenvalue weighted by atomic mass is 9.97. The highest BCUT2D eigenvalue weighted by Crippen LogP contribution is 2.26. The van der Waals surface area contributed by atoms with Crippen molar-refractivity contribution >= 4 is 0 Å². The number of aromatic nitrogens is 5. The first-order valence-corrected chi connectivity index (χ1v) is 8.46. The molecule has 0 radical (unpaired) electrons. The Kier molecular flexibility index (Phi) is 4.13. The van der Waals surface area contributed by atoms with Crippen molar-refractivity contribution in [3.63, 3.8) is 0 Å². The van der Waals surface area contributed by atoms with Crippen molar-refractivity contribution in [3.05, 3.63) is 60.4 Å². The van der Waals surface area contributed by atoms with Crippen LogP contribution in [0, 0.1) is 0 Å². The monoisotopic (exact) mass is 322 g/mol. The van der Waals surface area contributed by atoms with Crippen molar-refractivity contribution in [2.24, 2.45) is 7.05 Å². The summed E-state index contributed by atoms with van der Waals surface area (Å²) < 4.78 is 3.98. The van der Waals surface area contributed by atoms with Gasteiger partial charge in [-0.25, -0.2) is 9.67 Å². The van der Waals surface area contributed by atoms with E-state index in [2.05, 4.69) is 31.8 Å². The van der Waals surface area contributed by atoms with Crippen LogP contribution in [-0.2, 0) is 13.6 Å². The maximum atomic E-state index is 4.53. The molecule has 124 valence electrons. The van der Waals surface area contributed by atoms with Gasteiger partial charge in [-0.15, -0.1) is 5.10 Å². The Bertz CT molecular complexity index is 791. The Hall–Kier alpha value is -2.47. The number of para-hydroxylation sites is 1. The predicted molar refractivity (Wildman–Crippen MR) is 91.8 cm³/mol. The number of hydrogen-bond acceptors (Lipinski definition) is 4. The highest BCUT2D eigenvalue weighted by molar-refractivity contribution is 5.29. The molecule has 0 spiro atoms. The number of piperidine rings is 1. The quantitative estimate of drug-likeness (QED) is 0.740. The Morgan fingerprint density at radius 3 is 2.88 bits per heavy atom. The van der Waals surface area contributed by atoms with Crippen molar-refractivity contribution in [3.8, 4) is 5.69 Å². The number of imidazole rings is 1. The van der Waals surface area contributed by atoms with Crippen molar-refractivity contribution in [2.75, 3.05) is 13.1 Å². The Morgan fingerprint density at radius 1 is 1.21 bits per heavy atom. The van der Waals surface area contributed by atoms with E-state index >= 15 is 0 Å². The molecule has 1 aliphatic heterocycles. The molecular weight excluding hydrogens is 300 g/mol. The molecule has 0 aliphatic carbocycles. The summed E-state index contributed by atoms with van der Waals surface area (Å²) in [4.78, 5) is 6.99. The van der Waals surface area contributed by atoms with Crippen molar-refractivity contribution in [1.82, 2.24) is 29.4 Å². The molecule has 3 heterocycles. The fourth-order valence-electron chi connectivity index (χ4n) is 3.49. The fourth-order valence-corrected chi connectivity index (χ4v) is 3.49. The van der Waals surface area contributed by atoms with E-state index < -0.39 is 0 Å². The van der Waals surface area contributed by atoms with E-state index in [0.717, 1.165) is 31.0 Å². The molecule has 1 fully saturated rings. The third-order valence-electron chi connectivity index (χ3n) is 4.68. The molecule has 0 amide bonds. The Morgan fingerprint density at radius 2 is 2.08 bits per heavy atom. The van der Waals surface area contributed by atoms with Gasteiger partial charge in [0.05, 0.1) is 17.6 Å². The van der Waals surface area contributed by atoms with E-state index in [9.17, 15) is 0 Å². The molecule has 6 nitrogen and oxygen atoms in total. The van der Waals surface area contributed by atoms with Gasteiger partial charge < -0.3 is 4.57 Å². The van der Waals surface area contributed by atoms with Crippen LogP contribution in [0.1, 0.15) is 30.3 Å². The zero-order chi connectivity index (χ0) is 16.4. The van der Waals surface area contributed by atoms with Gasteiger partial charge in [-0.1, -0.05) is 23.4 Å². The first-order valence-electron chi connectivity index (χ1n) is 8.46. The molecule has 24 heavy (non-hydrogen) atoms. The summed E-state index contributed by atoms with van der Waals surface area (Å²) in [5.41, 5.74) is 2.06. The number of benzene rings is 1. The second kappa shape index (κ2) is 6.57. The van der Waals surface area contributed by atoms with E-state index in [4.69, 9.17) is 0 Å². The van der Waals surface area contributed by atoms with Crippen LogP contribution in [0.15, 0.2) is 48.9 Å². The standard InChI is InChI=1S/C18H22N6/c1-22-11-9-19-18(22)15-6-5-10-23(12-15)13-16-14-24(21-20-16)17-7-3-2-4-8-17/h2-4,7-9,11,14-15H,5-6,10,12-13H2,1H3. The van der Waals surface area contributed by atoms with Crippen LogP contribution < -0.4 is 0 Å². The van der Waals surface area contributed by atoms with Gasteiger partial charge in [0.2, 0.25) is 0 Å². The average molecular weight is 322 g/mol. The maximum absolute atomic E-state index is 4.53. The summed E-state index contributed by atoms with van der Waals surface area (Å²) in [7, 11) is 2.08. The number of hydrogen-bond donors (Lipinski definition) is 0. The minimum atomic E-state index is 0.503. The number of nitrogens with zero attached hydrogens (tertiary/aromatic N) is 6. The van der Waals surface area contributed by atoms with Crippen molar-refractivity contribution in [2.45, 2.75) is 25.3 Å². The molecule has 6 heteroatoms. The normalized spacial score (nSPS) is 18.8. The van der Waals surface area contributed by atoms with Crippen LogP contribution in [0.25, 0.3) is 5.69 Å². The van der Waals surface area contributed by atoms with Gasteiger partial charge in [0, 0.05) is 38.4 Å². The Balaban J connectivity index is 1.44. The van der Waals surface area contributed by atoms with Gasteiger partial charge in [0.15, 0.2) is 0 Å². The number of aryl methyl sites for hydroxylation is 1. The topological polar surface area (TPSA) is 51.8 Å². The minimum absolute atomic E-state index is 0.503.